The zero-order chi connectivity index (χ0) is 21.0. The first kappa shape index (κ1) is 20.0. The van der Waals surface area contributed by atoms with Crippen LogP contribution in [0.2, 0.25) is 10.0 Å². The van der Waals surface area contributed by atoms with Crippen molar-refractivity contribution in [2.45, 2.75) is 37.3 Å². The van der Waals surface area contributed by atoms with Gasteiger partial charge in [-0.15, -0.1) is 0 Å². The van der Waals surface area contributed by atoms with E-state index in [0.29, 0.717) is 35.1 Å². The maximum absolute atomic E-state index is 14.1. The average molecular weight is 441 g/mol. The fraction of sp³-hybridized carbons (Fsp3) is 0.421. The summed E-state index contributed by atoms with van der Waals surface area (Å²) in [6.45, 7) is 1.36. The Labute approximate surface area is 176 Å². The molecular weight excluding hydrogens is 422 g/mol. The number of carbonyl (C=O) groups excluding carboxylic acids is 2. The standard InChI is InChI=1S/C19H19Cl2FN4O3/c1-10-15(22)16(26(2)25-10)17(28)24-19-7-18(8-19,9-19)23-14(27)6-29-11-3-4-12(20)13(21)5-11/h3-5H,6-9H2,1-2H3,(H,23,27)(H,24,28). The van der Waals surface area contributed by atoms with Crippen LogP contribution in [-0.2, 0) is 11.8 Å². The Bertz CT molecular complexity index is 1000. The molecule has 2 N–H and O–H groups in total. The summed E-state index contributed by atoms with van der Waals surface area (Å²) in [6, 6.07) is 4.77. The molecule has 0 unspecified atom stereocenters. The van der Waals surface area contributed by atoms with E-state index in [-0.39, 0.29) is 29.4 Å². The van der Waals surface area contributed by atoms with Gasteiger partial charge in [0.05, 0.1) is 15.7 Å². The lowest BCUT2D eigenvalue weighted by Crippen LogP contribution is -2.84. The van der Waals surface area contributed by atoms with Crippen molar-refractivity contribution >= 4 is 35.0 Å². The number of aromatic nitrogens is 2. The van der Waals surface area contributed by atoms with E-state index < -0.39 is 17.3 Å². The van der Waals surface area contributed by atoms with Crippen LogP contribution in [-0.4, -0.2) is 39.3 Å². The zero-order valence-electron chi connectivity index (χ0n) is 15.8. The van der Waals surface area contributed by atoms with Crippen molar-refractivity contribution < 1.29 is 18.7 Å². The second-order valence-corrected chi connectivity index (χ2v) is 8.64. The van der Waals surface area contributed by atoms with Gasteiger partial charge in [0.25, 0.3) is 11.8 Å². The highest BCUT2D eigenvalue weighted by atomic mass is 35.5. The van der Waals surface area contributed by atoms with Crippen LogP contribution in [0.5, 0.6) is 5.75 Å². The second-order valence-electron chi connectivity index (χ2n) is 7.83. The van der Waals surface area contributed by atoms with Gasteiger partial charge >= 0.3 is 0 Å². The molecular formula is C19H19Cl2FN4O3. The Morgan fingerprint density at radius 2 is 1.86 bits per heavy atom. The molecule has 154 valence electrons. The molecule has 3 aliphatic rings. The van der Waals surface area contributed by atoms with Crippen molar-refractivity contribution in [3.8, 4) is 5.75 Å². The molecule has 0 aliphatic heterocycles. The smallest absolute Gasteiger partial charge is 0.273 e. The number of benzene rings is 1. The maximum atomic E-state index is 14.1. The third-order valence-electron chi connectivity index (χ3n) is 5.44. The highest BCUT2D eigenvalue weighted by Crippen LogP contribution is 2.60. The van der Waals surface area contributed by atoms with Crippen molar-refractivity contribution in [1.82, 2.24) is 20.4 Å². The van der Waals surface area contributed by atoms with Gasteiger partial charge in [-0.05, 0) is 38.3 Å². The van der Waals surface area contributed by atoms with E-state index in [1.54, 1.807) is 18.2 Å². The fourth-order valence-corrected chi connectivity index (χ4v) is 4.57. The van der Waals surface area contributed by atoms with E-state index in [1.807, 2.05) is 0 Å². The Kier molecular flexibility index (Phi) is 4.74. The molecule has 2 bridgehead atoms. The molecule has 3 fully saturated rings. The molecule has 0 saturated heterocycles. The fourth-order valence-electron chi connectivity index (χ4n) is 4.28. The minimum Gasteiger partial charge on any atom is -0.484 e. The number of rotatable bonds is 6. The van der Waals surface area contributed by atoms with Crippen LogP contribution in [0, 0.1) is 12.7 Å². The molecule has 0 radical (unpaired) electrons. The molecule has 3 aliphatic carbocycles. The lowest BCUT2D eigenvalue weighted by atomic mass is 9.44. The van der Waals surface area contributed by atoms with E-state index >= 15 is 0 Å². The van der Waals surface area contributed by atoms with Gasteiger partial charge in [-0.25, -0.2) is 4.39 Å². The second kappa shape index (κ2) is 6.88. The summed E-state index contributed by atoms with van der Waals surface area (Å²) in [5.41, 5.74) is -0.646. The largest absolute Gasteiger partial charge is 0.484 e. The number of ether oxygens (including phenoxy) is 1. The Hall–Kier alpha value is -2.32. The number of hydrogen-bond acceptors (Lipinski definition) is 4. The SMILES string of the molecule is Cc1nn(C)c(C(=O)NC23CC(NC(=O)COc4ccc(Cl)c(Cl)c4)(C2)C3)c1F. The summed E-state index contributed by atoms with van der Waals surface area (Å²) in [7, 11) is 1.53. The Balaban J connectivity index is 1.27. The molecule has 10 heteroatoms. The molecule has 3 saturated carbocycles. The molecule has 1 heterocycles. The lowest BCUT2D eigenvalue weighted by Gasteiger charge is -2.70. The minimum absolute atomic E-state index is 0.0830. The van der Waals surface area contributed by atoms with E-state index in [2.05, 4.69) is 15.7 Å². The number of carbonyl (C=O) groups is 2. The van der Waals surface area contributed by atoms with Gasteiger partial charge in [0.1, 0.15) is 5.75 Å². The molecule has 5 rings (SSSR count). The molecule has 0 spiro atoms. The molecule has 2 aromatic rings. The van der Waals surface area contributed by atoms with E-state index in [0.717, 1.165) is 0 Å². The normalized spacial score (nSPS) is 24.3. The van der Waals surface area contributed by atoms with Gasteiger partial charge in [0, 0.05) is 24.2 Å². The summed E-state index contributed by atoms with van der Waals surface area (Å²) in [6.07, 6.45) is 1.80. The predicted octanol–water partition coefficient (Wildman–Crippen LogP) is 2.77. The first-order valence-electron chi connectivity index (χ1n) is 9.03. The van der Waals surface area contributed by atoms with Crippen LogP contribution in [0.25, 0.3) is 0 Å². The van der Waals surface area contributed by atoms with Crippen LogP contribution >= 0.6 is 23.2 Å². The lowest BCUT2D eigenvalue weighted by molar-refractivity contribution is -0.141. The van der Waals surface area contributed by atoms with E-state index in [1.165, 1.54) is 18.7 Å². The third kappa shape index (κ3) is 3.55. The van der Waals surface area contributed by atoms with Crippen molar-refractivity contribution in [3.05, 3.63) is 45.4 Å². The monoisotopic (exact) mass is 440 g/mol. The molecule has 0 atom stereocenters. The summed E-state index contributed by atoms with van der Waals surface area (Å²) in [5, 5.41) is 10.5. The number of aryl methyl sites for hydroxylation is 2. The van der Waals surface area contributed by atoms with Crippen molar-refractivity contribution in [1.29, 1.82) is 0 Å². The van der Waals surface area contributed by atoms with Crippen molar-refractivity contribution in [2.75, 3.05) is 6.61 Å². The van der Waals surface area contributed by atoms with Gasteiger partial charge in [0.15, 0.2) is 18.1 Å². The van der Waals surface area contributed by atoms with E-state index in [4.69, 9.17) is 27.9 Å². The molecule has 2 amide bonds. The minimum atomic E-state index is -0.612. The van der Waals surface area contributed by atoms with Crippen LogP contribution in [0.15, 0.2) is 18.2 Å². The van der Waals surface area contributed by atoms with Crippen LogP contribution in [0.3, 0.4) is 0 Å². The average Bonchev–Trinajstić information content (AvgIpc) is 2.85. The number of nitrogens with zero attached hydrogens (tertiary/aromatic N) is 2. The Morgan fingerprint density at radius 1 is 1.21 bits per heavy atom. The summed E-state index contributed by atoms with van der Waals surface area (Å²) >= 11 is 11.8. The number of halogens is 3. The summed E-state index contributed by atoms with van der Waals surface area (Å²) in [5.74, 6) is -0.916. The van der Waals surface area contributed by atoms with Crippen LogP contribution < -0.4 is 15.4 Å². The van der Waals surface area contributed by atoms with Crippen molar-refractivity contribution in [3.63, 3.8) is 0 Å². The van der Waals surface area contributed by atoms with Gasteiger partial charge in [-0.3, -0.25) is 14.3 Å². The van der Waals surface area contributed by atoms with Crippen LogP contribution in [0.4, 0.5) is 4.39 Å². The predicted molar refractivity (Wildman–Crippen MR) is 105 cm³/mol. The topological polar surface area (TPSA) is 85.3 Å². The molecule has 1 aromatic carbocycles. The van der Waals surface area contributed by atoms with Crippen LogP contribution in [0.1, 0.15) is 35.4 Å². The maximum Gasteiger partial charge on any atom is 0.273 e. The van der Waals surface area contributed by atoms with Gasteiger partial charge in [0.2, 0.25) is 0 Å². The van der Waals surface area contributed by atoms with Gasteiger partial charge < -0.3 is 15.4 Å². The summed E-state index contributed by atoms with van der Waals surface area (Å²) in [4.78, 5) is 24.6. The number of hydrogen-bond donors (Lipinski definition) is 2. The highest BCUT2D eigenvalue weighted by molar-refractivity contribution is 6.42. The van der Waals surface area contributed by atoms with Gasteiger partial charge in [-0.2, -0.15) is 5.10 Å². The molecule has 7 nitrogen and oxygen atoms in total. The first-order chi connectivity index (χ1) is 13.6. The van der Waals surface area contributed by atoms with Crippen molar-refractivity contribution in [2.24, 2.45) is 7.05 Å². The quantitative estimate of drug-likeness (QED) is 0.722. The highest BCUT2D eigenvalue weighted by Gasteiger charge is 2.69. The third-order valence-corrected chi connectivity index (χ3v) is 6.18. The number of nitrogens with one attached hydrogen (secondary N) is 2. The Morgan fingerprint density at radius 3 is 2.45 bits per heavy atom. The zero-order valence-corrected chi connectivity index (χ0v) is 17.3. The number of amides is 2. The first-order valence-corrected chi connectivity index (χ1v) is 9.78. The van der Waals surface area contributed by atoms with Gasteiger partial charge in [-0.1, -0.05) is 23.2 Å². The molecule has 29 heavy (non-hydrogen) atoms. The molecule has 1 aromatic heterocycles. The summed E-state index contributed by atoms with van der Waals surface area (Å²) < 4.78 is 20.7. The van der Waals surface area contributed by atoms with E-state index in [9.17, 15) is 14.0 Å².